The van der Waals surface area contributed by atoms with Crippen molar-refractivity contribution in [3.8, 4) is 22.4 Å². The van der Waals surface area contributed by atoms with Gasteiger partial charge in [-0.15, -0.1) is 0 Å². The third kappa shape index (κ3) is 3.41. The highest BCUT2D eigenvalue weighted by atomic mass is 15.3. The predicted molar refractivity (Wildman–Crippen MR) is 139 cm³/mol. The maximum atomic E-state index is 4.99. The average molecular weight is 459 g/mol. The highest BCUT2D eigenvalue weighted by Crippen LogP contribution is 2.35. The van der Waals surface area contributed by atoms with E-state index in [1.807, 2.05) is 24.1 Å². The lowest BCUT2D eigenvalue weighted by Crippen LogP contribution is -2.22. The summed E-state index contributed by atoms with van der Waals surface area (Å²) in [4.78, 5) is 9.78. The van der Waals surface area contributed by atoms with Gasteiger partial charge in [-0.3, -0.25) is 14.7 Å². The summed E-state index contributed by atoms with van der Waals surface area (Å²) >= 11 is 0. The molecule has 2 aromatic heterocycles. The Hall–Kier alpha value is -4.03. The van der Waals surface area contributed by atoms with Crippen molar-refractivity contribution >= 4 is 11.4 Å². The van der Waals surface area contributed by atoms with E-state index < -0.39 is 0 Å². The molecule has 0 amide bonds. The molecule has 35 heavy (non-hydrogen) atoms. The summed E-state index contributed by atoms with van der Waals surface area (Å²) in [5.74, 6) is 0. The topological polar surface area (TPSA) is 67.1 Å². The Bertz CT molecular complexity index is 1540. The quantitative estimate of drug-likeness (QED) is 0.403. The number of benzene rings is 2. The number of hydrogen-bond donors (Lipinski definition) is 2. The van der Waals surface area contributed by atoms with Gasteiger partial charge in [-0.05, 0) is 47.7 Å². The van der Waals surface area contributed by atoms with Crippen molar-refractivity contribution in [2.24, 2.45) is 12.0 Å². The van der Waals surface area contributed by atoms with Crippen LogP contribution in [0.3, 0.4) is 0 Å². The number of aromatic nitrogens is 3. The minimum Gasteiger partial charge on any atom is -0.354 e. The molecular weight excluding hydrogens is 432 g/mol. The van der Waals surface area contributed by atoms with Crippen molar-refractivity contribution in [3.05, 3.63) is 101 Å². The van der Waals surface area contributed by atoms with Gasteiger partial charge >= 0.3 is 0 Å². The van der Waals surface area contributed by atoms with Crippen LogP contribution >= 0.6 is 0 Å². The molecule has 0 spiro atoms. The van der Waals surface area contributed by atoms with E-state index in [1.54, 1.807) is 0 Å². The van der Waals surface area contributed by atoms with E-state index in [2.05, 4.69) is 70.3 Å². The van der Waals surface area contributed by atoms with Gasteiger partial charge in [0, 0.05) is 60.8 Å². The van der Waals surface area contributed by atoms with Crippen LogP contribution in [0, 0.1) is 0 Å². The Morgan fingerprint density at radius 2 is 1.94 bits per heavy atom. The lowest BCUT2D eigenvalue weighted by Gasteiger charge is -2.25. The number of pyridine rings is 1. The summed E-state index contributed by atoms with van der Waals surface area (Å²) in [5, 5.41) is 11.9. The smallest absolute Gasteiger partial charge is 0.0881 e. The monoisotopic (exact) mass is 458 g/mol. The van der Waals surface area contributed by atoms with Gasteiger partial charge in [0.25, 0.3) is 0 Å². The Kier molecular flexibility index (Phi) is 4.67. The molecular formula is C29H26N6. The molecule has 6 heteroatoms. The first-order valence-electron chi connectivity index (χ1n) is 12.2. The molecule has 2 aromatic carbocycles. The number of aliphatic imine (C=N–C) groups is 1. The van der Waals surface area contributed by atoms with Crippen LogP contribution in [0.5, 0.6) is 0 Å². The van der Waals surface area contributed by atoms with Gasteiger partial charge in [0.05, 0.1) is 29.0 Å². The van der Waals surface area contributed by atoms with Gasteiger partial charge in [-0.25, -0.2) is 0 Å². The molecule has 0 saturated heterocycles. The molecule has 6 heterocycles. The van der Waals surface area contributed by atoms with E-state index in [-0.39, 0.29) is 0 Å². The van der Waals surface area contributed by atoms with Crippen molar-refractivity contribution in [2.45, 2.75) is 25.9 Å². The number of hydrogen-bond acceptors (Lipinski definition) is 5. The molecule has 0 unspecified atom stereocenters. The van der Waals surface area contributed by atoms with Crippen LogP contribution in [0.1, 0.15) is 27.9 Å². The fourth-order valence-electron chi connectivity index (χ4n) is 5.47. The molecule has 0 saturated carbocycles. The lowest BCUT2D eigenvalue weighted by molar-refractivity contribution is 0.627. The van der Waals surface area contributed by atoms with Gasteiger partial charge in [-0.2, -0.15) is 5.10 Å². The summed E-state index contributed by atoms with van der Waals surface area (Å²) < 4.78 is 1.98. The number of rotatable bonds is 0. The largest absolute Gasteiger partial charge is 0.354 e. The average Bonchev–Trinajstić information content (AvgIpc) is 3.27. The Morgan fingerprint density at radius 3 is 2.91 bits per heavy atom. The second-order valence-corrected chi connectivity index (χ2v) is 9.42. The molecule has 8 rings (SSSR count). The number of allylic oxidation sites excluding steroid dienone is 2. The third-order valence-electron chi connectivity index (χ3n) is 7.30. The highest BCUT2D eigenvalue weighted by molar-refractivity contribution is 6.16. The summed E-state index contributed by atoms with van der Waals surface area (Å²) in [7, 11) is 2.02. The standard InChI is InChI=1S/C29H26N6/c1-35-27-17-30-15-18-3-2-4-21(13-18)28-22-7-8-26(34-25(22)10-12-31-28)29-23-14-20(24(27)16-33-35)6-5-19(23)9-11-32-29/h2-6,8,10,12-14,16,30,34H,7,9,11,15,17H2,1H3. The fraction of sp³-hybridized carbons (Fsp3) is 0.207. The van der Waals surface area contributed by atoms with Crippen LogP contribution in [-0.4, -0.2) is 27.0 Å². The lowest BCUT2D eigenvalue weighted by atomic mass is 9.90. The van der Waals surface area contributed by atoms with Crippen molar-refractivity contribution in [2.75, 3.05) is 11.9 Å². The van der Waals surface area contributed by atoms with Crippen LogP contribution in [-0.2, 0) is 33.0 Å². The van der Waals surface area contributed by atoms with Crippen LogP contribution < -0.4 is 10.6 Å². The number of nitrogens with zero attached hydrogens (tertiary/aromatic N) is 4. The Morgan fingerprint density at radius 1 is 0.971 bits per heavy atom. The van der Waals surface area contributed by atoms with Gasteiger partial charge in [0.2, 0.25) is 0 Å². The maximum Gasteiger partial charge on any atom is 0.0881 e. The summed E-state index contributed by atoms with van der Waals surface area (Å²) in [6, 6.07) is 17.6. The normalized spacial score (nSPS) is 16.0. The SMILES string of the molecule is Cn1ncc2c1CNCc1cccc(c1)-c1nccc3c1CC=C(N3)C1=NCCc3ccc-2cc31. The van der Waals surface area contributed by atoms with Crippen molar-refractivity contribution in [3.63, 3.8) is 0 Å². The molecule has 6 nitrogen and oxygen atoms in total. The highest BCUT2D eigenvalue weighted by Gasteiger charge is 2.24. The second-order valence-electron chi connectivity index (χ2n) is 9.42. The van der Waals surface area contributed by atoms with Crippen molar-refractivity contribution < 1.29 is 0 Å². The predicted octanol–water partition coefficient (Wildman–Crippen LogP) is 4.65. The van der Waals surface area contributed by atoms with Gasteiger partial charge in [-0.1, -0.05) is 36.4 Å². The first-order valence-corrected chi connectivity index (χ1v) is 12.2. The zero-order valence-electron chi connectivity index (χ0n) is 19.7. The first-order chi connectivity index (χ1) is 17.2. The molecule has 4 aromatic rings. The summed E-state index contributed by atoms with van der Waals surface area (Å²) in [5.41, 5.74) is 14.0. The summed E-state index contributed by atoms with van der Waals surface area (Å²) in [6.45, 7) is 2.32. The molecule has 8 bridgehead atoms. The number of fused-ring (bicyclic) bond motifs is 3. The van der Waals surface area contributed by atoms with E-state index in [1.165, 1.54) is 33.5 Å². The first kappa shape index (κ1) is 20.4. The van der Waals surface area contributed by atoms with Crippen LogP contribution in [0.25, 0.3) is 22.4 Å². The van der Waals surface area contributed by atoms with E-state index in [4.69, 9.17) is 9.98 Å². The molecule has 4 aliphatic heterocycles. The number of anilines is 1. The molecule has 0 radical (unpaired) electrons. The van der Waals surface area contributed by atoms with E-state index in [0.717, 1.165) is 66.4 Å². The van der Waals surface area contributed by atoms with E-state index in [9.17, 15) is 0 Å². The summed E-state index contributed by atoms with van der Waals surface area (Å²) in [6.07, 6.45) is 7.95. The van der Waals surface area contributed by atoms with Crippen LogP contribution in [0.15, 0.2) is 77.7 Å². The van der Waals surface area contributed by atoms with E-state index in [0.29, 0.717) is 0 Å². The zero-order valence-corrected chi connectivity index (χ0v) is 19.7. The third-order valence-corrected chi connectivity index (χ3v) is 7.30. The molecule has 2 N–H and O–H groups in total. The Labute approximate surface area is 204 Å². The zero-order chi connectivity index (χ0) is 23.4. The fourth-order valence-corrected chi connectivity index (χ4v) is 5.47. The van der Waals surface area contributed by atoms with Gasteiger partial charge in [0.1, 0.15) is 0 Å². The van der Waals surface area contributed by atoms with E-state index >= 15 is 0 Å². The number of nitrogens with one attached hydrogen (secondary N) is 2. The molecule has 4 aliphatic rings. The Balaban J connectivity index is 1.42. The van der Waals surface area contributed by atoms with Crippen LogP contribution in [0.2, 0.25) is 0 Å². The molecule has 172 valence electrons. The van der Waals surface area contributed by atoms with Crippen LogP contribution in [0.4, 0.5) is 5.69 Å². The van der Waals surface area contributed by atoms with Gasteiger partial charge < -0.3 is 10.6 Å². The van der Waals surface area contributed by atoms with Crippen molar-refractivity contribution in [1.29, 1.82) is 0 Å². The molecule has 0 fully saturated rings. The minimum atomic E-state index is 0.736. The second kappa shape index (κ2) is 8.03. The van der Waals surface area contributed by atoms with Crippen molar-refractivity contribution in [1.82, 2.24) is 20.1 Å². The number of aryl methyl sites for hydroxylation is 1. The molecule has 0 aliphatic carbocycles. The minimum absolute atomic E-state index is 0.736. The molecule has 0 atom stereocenters. The maximum absolute atomic E-state index is 4.99. The van der Waals surface area contributed by atoms with Gasteiger partial charge in [0.15, 0.2) is 0 Å².